The van der Waals surface area contributed by atoms with Crippen LogP contribution in [0.1, 0.15) is 11.4 Å². The number of ether oxygens (including phenoxy) is 2. The van der Waals surface area contributed by atoms with Crippen molar-refractivity contribution in [1.82, 2.24) is 44.4 Å². The van der Waals surface area contributed by atoms with Gasteiger partial charge in [-0.3, -0.25) is 19.0 Å². The van der Waals surface area contributed by atoms with Gasteiger partial charge < -0.3 is 29.1 Å². The molecule has 7 rings (SSSR count). The lowest BCUT2D eigenvalue weighted by atomic mass is 10.2. The molecule has 0 spiro atoms. The molecule has 2 amide bonds. The monoisotopic (exact) mass is 993 g/mol. The van der Waals surface area contributed by atoms with E-state index in [1.807, 2.05) is 39.3 Å². The molecule has 58 heavy (non-hydrogen) atoms. The summed E-state index contributed by atoms with van der Waals surface area (Å²) in [4.78, 5) is 32.7. The van der Waals surface area contributed by atoms with Gasteiger partial charge in [0.2, 0.25) is 11.8 Å². The molecule has 0 saturated carbocycles. The van der Waals surface area contributed by atoms with Gasteiger partial charge in [0.05, 0.1) is 64.4 Å². The van der Waals surface area contributed by atoms with Crippen LogP contribution >= 0.6 is 69.0 Å². The predicted octanol–water partition coefficient (Wildman–Crippen LogP) is 6.17. The van der Waals surface area contributed by atoms with Crippen molar-refractivity contribution in [2.75, 3.05) is 76.4 Å². The summed E-state index contributed by atoms with van der Waals surface area (Å²) in [5.74, 6) is 0.285. The number of halogens is 7. The topological polar surface area (TPSA) is 132 Å². The summed E-state index contributed by atoms with van der Waals surface area (Å²) in [6.07, 6.45) is 3.15. The number of hydrogen-bond donors (Lipinski definition) is 0. The van der Waals surface area contributed by atoms with Gasteiger partial charge in [0.1, 0.15) is 44.9 Å². The fraction of sp³-hybridized carbons (Fsp3) is 0.389. The zero-order chi connectivity index (χ0) is 41.8. The Balaban J connectivity index is 0.000000198. The molecule has 2 saturated heterocycles. The quantitative estimate of drug-likeness (QED) is 0.158. The highest BCUT2D eigenvalue weighted by atomic mass is 127. The standard InChI is InChI=1S/C19H20Cl2FN7O2.C17H18Cl2FIN4O2/c1-12-18(21)19(28-4-3-23-25-28)24-29(12)11-17(30)27-7-5-26(6-8-27)15-10-16(31-2)13(20)9-14(15)22;1-10-16(19)17(21)22-25(10)9-15(26)24-5-3-23(4-6-24)13-8-14(27-2)11(18)7-12(13)20/h3-4,9-10H,5-8,11H2,1-2H3;7-8H,3-6,9H2,1-2H3. The highest BCUT2D eigenvalue weighted by Gasteiger charge is 2.27. The molecule has 0 N–H and O–H groups in total. The maximum absolute atomic E-state index is 14.4. The molecule has 0 atom stereocenters. The van der Waals surface area contributed by atoms with Crippen molar-refractivity contribution >= 4 is 92.2 Å². The Morgan fingerprint density at radius 1 is 0.707 bits per heavy atom. The van der Waals surface area contributed by atoms with Crippen LogP contribution in [-0.2, 0) is 22.7 Å². The van der Waals surface area contributed by atoms with Crippen LogP contribution in [0.25, 0.3) is 5.82 Å². The second kappa shape index (κ2) is 18.9. The molecule has 0 aliphatic carbocycles. The van der Waals surface area contributed by atoms with E-state index in [1.165, 1.54) is 37.2 Å². The average Bonchev–Trinajstić information content (AvgIpc) is 3.91. The lowest BCUT2D eigenvalue weighted by Gasteiger charge is -2.36. The van der Waals surface area contributed by atoms with Gasteiger partial charge in [-0.25, -0.2) is 8.78 Å². The summed E-state index contributed by atoms with van der Waals surface area (Å²) in [6.45, 7) is 7.70. The van der Waals surface area contributed by atoms with E-state index in [-0.39, 0.29) is 34.9 Å². The molecule has 310 valence electrons. The number of carbonyl (C=O) groups excluding carboxylic acids is 2. The zero-order valence-corrected chi connectivity index (χ0v) is 36.9. The number of nitrogens with zero attached hydrogens (tertiary/aromatic N) is 11. The molecule has 5 heterocycles. The molecular weight excluding hydrogens is 957 g/mol. The number of benzene rings is 2. The Hall–Kier alpha value is -4.11. The van der Waals surface area contributed by atoms with Gasteiger partial charge in [-0.1, -0.05) is 51.6 Å². The zero-order valence-electron chi connectivity index (χ0n) is 31.7. The van der Waals surface area contributed by atoms with Crippen LogP contribution in [0.4, 0.5) is 20.2 Å². The summed E-state index contributed by atoms with van der Waals surface area (Å²) in [5, 5.41) is 17.8. The number of aromatic nitrogens is 7. The maximum Gasteiger partial charge on any atom is 0.244 e. The average molecular weight is 995 g/mol. The first kappa shape index (κ1) is 43.5. The Bertz CT molecular complexity index is 2280. The molecule has 2 aliphatic rings. The second-order valence-corrected chi connectivity index (χ2v) is 15.8. The van der Waals surface area contributed by atoms with Gasteiger partial charge in [-0.2, -0.15) is 14.9 Å². The van der Waals surface area contributed by atoms with Gasteiger partial charge in [-0.05, 0) is 48.6 Å². The van der Waals surface area contributed by atoms with E-state index >= 15 is 0 Å². The lowest BCUT2D eigenvalue weighted by molar-refractivity contribution is -0.133. The molecule has 3 aromatic heterocycles. The van der Waals surface area contributed by atoms with Crippen LogP contribution in [-0.4, -0.2) is 123 Å². The number of hydrogen-bond acceptors (Lipinski definition) is 10. The fourth-order valence-corrected chi connectivity index (χ4v) is 7.92. The van der Waals surface area contributed by atoms with E-state index in [0.29, 0.717) is 100 Å². The minimum Gasteiger partial charge on any atom is -0.495 e. The third-order valence-corrected chi connectivity index (χ3v) is 12.4. The van der Waals surface area contributed by atoms with Crippen molar-refractivity contribution in [2.45, 2.75) is 26.9 Å². The molecule has 0 unspecified atom stereocenters. The number of amides is 2. The van der Waals surface area contributed by atoms with Gasteiger partial charge >= 0.3 is 0 Å². The smallest absolute Gasteiger partial charge is 0.244 e. The first-order valence-electron chi connectivity index (χ1n) is 17.8. The van der Waals surface area contributed by atoms with Crippen LogP contribution < -0.4 is 19.3 Å². The number of piperazine rings is 2. The van der Waals surface area contributed by atoms with Crippen molar-refractivity contribution in [3.05, 3.63) is 83.5 Å². The Labute approximate surface area is 366 Å². The van der Waals surface area contributed by atoms with Crippen LogP contribution in [0, 0.1) is 29.2 Å². The number of anilines is 2. The van der Waals surface area contributed by atoms with Crippen molar-refractivity contribution in [3.8, 4) is 17.3 Å². The predicted molar refractivity (Wildman–Crippen MR) is 225 cm³/mol. The Morgan fingerprint density at radius 3 is 1.55 bits per heavy atom. The molecule has 2 fully saturated rings. The molecule has 2 aromatic carbocycles. The minimum absolute atomic E-state index is 0.0394. The van der Waals surface area contributed by atoms with Gasteiger partial charge in [-0.15, -0.1) is 5.10 Å². The van der Waals surface area contributed by atoms with E-state index < -0.39 is 11.6 Å². The summed E-state index contributed by atoms with van der Waals surface area (Å²) in [7, 11) is 2.97. The first-order valence-corrected chi connectivity index (χ1v) is 20.4. The van der Waals surface area contributed by atoms with Crippen molar-refractivity contribution in [2.24, 2.45) is 0 Å². The van der Waals surface area contributed by atoms with E-state index in [1.54, 1.807) is 44.4 Å². The highest BCUT2D eigenvalue weighted by molar-refractivity contribution is 14.1. The molecule has 22 heteroatoms. The van der Waals surface area contributed by atoms with Gasteiger partial charge in [0, 0.05) is 64.5 Å². The minimum atomic E-state index is -0.423. The number of methoxy groups -OCH3 is 2. The third-order valence-electron chi connectivity index (χ3n) is 9.81. The van der Waals surface area contributed by atoms with E-state index in [9.17, 15) is 18.4 Å². The Kier molecular flexibility index (Phi) is 14.1. The van der Waals surface area contributed by atoms with Crippen molar-refractivity contribution < 1.29 is 27.8 Å². The molecular formula is C36H38Cl4F2IN11O4. The lowest BCUT2D eigenvalue weighted by Crippen LogP contribution is -2.50. The number of rotatable bonds is 9. The summed E-state index contributed by atoms with van der Waals surface area (Å²) in [5.41, 5.74) is 2.26. The summed E-state index contributed by atoms with van der Waals surface area (Å²) in [6, 6.07) is 5.66. The molecule has 15 nitrogen and oxygen atoms in total. The molecule has 0 radical (unpaired) electrons. The maximum atomic E-state index is 14.4. The van der Waals surface area contributed by atoms with Crippen molar-refractivity contribution in [3.63, 3.8) is 0 Å². The van der Waals surface area contributed by atoms with E-state index in [4.69, 9.17) is 55.9 Å². The fourth-order valence-electron chi connectivity index (χ4n) is 6.46. The Morgan fingerprint density at radius 2 is 1.16 bits per heavy atom. The van der Waals surface area contributed by atoms with Gasteiger partial charge in [0.25, 0.3) is 0 Å². The molecule has 0 bridgehead atoms. The van der Waals surface area contributed by atoms with Crippen LogP contribution in [0.15, 0.2) is 36.7 Å². The summed E-state index contributed by atoms with van der Waals surface area (Å²) < 4.78 is 44.3. The first-order chi connectivity index (χ1) is 27.7. The van der Waals surface area contributed by atoms with Crippen LogP contribution in [0.3, 0.4) is 0 Å². The summed E-state index contributed by atoms with van der Waals surface area (Å²) >= 11 is 26.5. The number of carbonyl (C=O) groups is 2. The SMILES string of the molecule is COc1cc(N2CCN(C(=O)Cn3nc(-n4ccnn4)c(Cl)c3C)CC2)c(F)cc1Cl.COc1cc(N2CCN(C(=O)Cn3nc(I)c(Cl)c3C)CC2)c(F)cc1Cl. The van der Waals surface area contributed by atoms with E-state index in [2.05, 4.69) is 20.5 Å². The molecule has 2 aliphatic heterocycles. The third kappa shape index (κ3) is 9.51. The second-order valence-electron chi connectivity index (χ2n) is 13.2. The van der Waals surface area contributed by atoms with Crippen LogP contribution in [0.2, 0.25) is 20.1 Å². The van der Waals surface area contributed by atoms with Crippen molar-refractivity contribution in [1.29, 1.82) is 0 Å². The molecule has 5 aromatic rings. The normalized spacial score (nSPS) is 14.4. The van der Waals surface area contributed by atoms with E-state index in [0.717, 1.165) is 5.69 Å². The largest absolute Gasteiger partial charge is 0.495 e. The van der Waals surface area contributed by atoms with Crippen LogP contribution in [0.5, 0.6) is 11.5 Å². The highest BCUT2D eigenvalue weighted by Crippen LogP contribution is 2.34. The van der Waals surface area contributed by atoms with Gasteiger partial charge in [0.15, 0.2) is 5.82 Å².